The van der Waals surface area contributed by atoms with Crippen molar-refractivity contribution in [1.82, 2.24) is 10.1 Å². The first-order valence-electron chi connectivity index (χ1n) is 12.0. The lowest BCUT2D eigenvalue weighted by atomic mass is 9.70. The standard InChI is InChI=1S/C24H50N4O2/c1-21(2)15-17(19(25)23(5,6)27(21)29)13-11-9-10-12-14-18-16-22(3,4)28(30)24(7,8)20(18)26/h17-20,29-30H,9-16,25-26H2,1-8H3. The van der Waals surface area contributed by atoms with E-state index in [4.69, 9.17) is 11.5 Å². The van der Waals surface area contributed by atoms with E-state index in [2.05, 4.69) is 55.4 Å². The Balaban J connectivity index is 1.77. The normalized spacial score (nSPS) is 36.0. The predicted octanol–water partition coefficient (Wildman–Crippen LogP) is 4.52. The summed E-state index contributed by atoms with van der Waals surface area (Å²) in [5.41, 5.74) is 11.8. The van der Waals surface area contributed by atoms with Crippen molar-refractivity contribution in [3.05, 3.63) is 0 Å². The summed E-state index contributed by atoms with van der Waals surface area (Å²) in [6, 6.07) is -0.0247. The highest BCUT2D eigenvalue weighted by molar-refractivity contribution is 5.05. The van der Waals surface area contributed by atoms with Crippen LogP contribution in [0.4, 0.5) is 0 Å². The summed E-state index contributed by atoms with van der Waals surface area (Å²) in [5, 5.41) is 24.1. The number of nitrogens with two attached hydrogens (primary N) is 2. The molecule has 2 heterocycles. The lowest BCUT2D eigenvalue weighted by Crippen LogP contribution is -2.68. The van der Waals surface area contributed by atoms with E-state index in [9.17, 15) is 10.4 Å². The minimum atomic E-state index is -0.399. The molecule has 178 valence electrons. The van der Waals surface area contributed by atoms with E-state index in [1.54, 1.807) is 0 Å². The highest BCUT2D eigenvalue weighted by Gasteiger charge is 2.50. The van der Waals surface area contributed by atoms with Crippen LogP contribution in [0.25, 0.3) is 0 Å². The van der Waals surface area contributed by atoms with Gasteiger partial charge >= 0.3 is 0 Å². The maximum Gasteiger partial charge on any atom is 0.0563 e. The predicted molar refractivity (Wildman–Crippen MR) is 123 cm³/mol. The number of hydrogen-bond acceptors (Lipinski definition) is 6. The van der Waals surface area contributed by atoms with Crippen LogP contribution in [0, 0.1) is 11.8 Å². The van der Waals surface area contributed by atoms with Gasteiger partial charge in [-0.25, -0.2) is 0 Å². The van der Waals surface area contributed by atoms with Crippen LogP contribution in [0.1, 0.15) is 107 Å². The molecule has 0 aromatic rings. The average molecular weight is 427 g/mol. The van der Waals surface area contributed by atoms with Gasteiger partial charge in [0.05, 0.1) is 11.1 Å². The molecule has 0 spiro atoms. The van der Waals surface area contributed by atoms with Gasteiger partial charge in [-0.05, 0) is 92.9 Å². The Bertz CT molecular complexity index is 526. The fourth-order valence-electron chi connectivity index (χ4n) is 6.44. The molecule has 30 heavy (non-hydrogen) atoms. The SMILES string of the molecule is CC1(C)CC(CCCCCCC2CC(C)(C)N(O)C(C)(C)C2N)C(N)C(C)(C)N1O. The highest BCUT2D eigenvalue weighted by atomic mass is 16.5. The van der Waals surface area contributed by atoms with Crippen LogP contribution in [0.5, 0.6) is 0 Å². The summed E-state index contributed by atoms with van der Waals surface area (Å²) in [5.74, 6) is 0.893. The Labute approximate surface area is 185 Å². The number of hydroxylamine groups is 4. The minimum absolute atomic E-state index is 0.0124. The summed E-state index contributed by atoms with van der Waals surface area (Å²) in [7, 11) is 0. The molecular weight excluding hydrogens is 376 g/mol. The van der Waals surface area contributed by atoms with Gasteiger partial charge in [-0.3, -0.25) is 0 Å². The van der Waals surface area contributed by atoms with Crippen LogP contribution in [-0.4, -0.2) is 54.8 Å². The zero-order valence-corrected chi connectivity index (χ0v) is 20.9. The summed E-state index contributed by atoms with van der Waals surface area (Å²) in [6.45, 7) is 16.6. The summed E-state index contributed by atoms with van der Waals surface area (Å²) in [4.78, 5) is 0. The maximum atomic E-state index is 10.6. The molecular formula is C24H50N4O2. The van der Waals surface area contributed by atoms with Crippen molar-refractivity contribution in [3.63, 3.8) is 0 Å². The van der Waals surface area contributed by atoms with E-state index < -0.39 is 11.1 Å². The monoisotopic (exact) mass is 426 g/mol. The van der Waals surface area contributed by atoms with Crippen molar-refractivity contribution in [2.75, 3.05) is 0 Å². The number of rotatable bonds is 7. The summed E-state index contributed by atoms with van der Waals surface area (Å²) in [6.07, 6.45) is 8.94. The molecule has 0 saturated carbocycles. The number of unbranched alkanes of at least 4 members (excludes halogenated alkanes) is 3. The molecule has 6 heteroatoms. The van der Waals surface area contributed by atoms with Gasteiger partial charge < -0.3 is 21.9 Å². The lowest BCUT2D eigenvalue weighted by molar-refractivity contribution is -0.257. The lowest BCUT2D eigenvalue weighted by Gasteiger charge is -2.55. The number of nitrogens with zero attached hydrogens (tertiary/aromatic N) is 2. The Morgan fingerprint density at radius 2 is 0.933 bits per heavy atom. The van der Waals surface area contributed by atoms with Crippen LogP contribution in [0.3, 0.4) is 0 Å². The molecule has 4 atom stereocenters. The van der Waals surface area contributed by atoms with E-state index in [0.717, 1.165) is 25.7 Å². The molecule has 2 fully saturated rings. The maximum absolute atomic E-state index is 10.6. The molecule has 4 unspecified atom stereocenters. The molecule has 6 N–H and O–H groups in total. The van der Waals surface area contributed by atoms with Crippen molar-refractivity contribution in [1.29, 1.82) is 0 Å². The van der Waals surface area contributed by atoms with Crippen LogP contribution >= 0.6 is 0 Å². The molecule has 2 aliphatic rings. The Hall–Kier alpha value is -0.240. The van der Waals surface area contributed by atoms with Crippen molar-refractivity contribution in [2.24, 2.45) is 23.3 Å². The Morgan fingerprint density at radius 3 is 1.23 bits per heavy atom. The Kier molecular flexibility index (Phi) is 7.76. The highest BCUT2D eigenvalue weighted by Crippen LogP contribution is 2.42. The fourth-order valence-corrected chi connectivity index (χ4v) is 6.44. The molecule has 6 nitrogen and oxygen atoms in total. The number of hydrogen-bond donors (Lipinski definition) is 4. The molecule has 2 saturated heterocycles. The Morgan fingerprint density at radius 1 is 0.633 bits per heavy atom. The number of piperidine rings is 2. The van der Waals surface area contributed by atoms with E-state index in [-0.39, 0.29) is 23.2 Å². The van der Waals surface area contributed by atoms with Gasteiger partial charge in [-0.2, -0.15) is 10.1 Å². The third-order valence-corrected chi connectivity index (χ3v) is 8.31. The zero-order chi connectivity index (χ0) is 23.1. The molecule has 0 aromatic heterocycles. The smallest absolute Gasteiger partial charge is 0.0563 e. The van der Waals surface area contributed by atoms with E-state index in [1.165, 1.54) is 35.8 Å². The van der Waals surface area contributed by atoms with Crippen molar-refractivity contribution in [3.8, 4) is 0 Å². The summed E-state index contributed by atoms with van der Waals surface area (Å²) >= 11 is 0. The first kappa shape index (κ1) is 26.0. The molecule has 2 aliphatic heterocycles. The van der Waals surface area contributed by atoms with Crippen LogP contribution in [0.15, 0.2) is 0 Å². The van der Waals surface area contributed by atoms with Gasteiger partial charge in [-0.1, -0.05) is 25.7 Å². The van der Waals surface area contributed by atoms with Crippen LogP contribution in [0.2, 0.25) is 0 Å². The quantitative estimate of drug-likeness (QED) is 0.447. The third kappa shape index (κ3) is 5.05. The van der Waals surface area contributed by atoms with Gasteiger partial charge in [-0.15, -0.1) is 0 Å². The van der Waals surface area contributed by atoms with E-state index >= 15 is 0 Å². The second-order valence-corrected chi connectivity index (χ2v) is 12.5. The first-order chi connectivity index (χ1) is 13.5. The fraction of sp³-hybridized carbons (Fsp3) is 1.00. The van der Waals surface area contributed by atoms with E-state index in [1.807, 2.05) is 0 Å². The van der Waals surface area contributed by atoms with Crippen LogP contribution in [-0.2, 0) is 0 Å². The van der Waals surface area contributed by atoms with E-state index in [0.29, 0.717) is 11.8 Å². The molecule has 0 bridgehead atoms. The van der Waals surface area contributed by atoms with Gasteiger partial charge in [0.1, 0.15) is 0 Å². The van der Waals surface area contributed by atoms with Gasteiger partial charge in [0.2, 0.25) is 0 Å². The van der Waals surface area contributed by atoms with Gasteiger partial charge in [0, 0.05) is 23.2 Å². The third-order valence-electron chi connectivity index (χ3n) is 8.31. The molecule has 2 rings (SSSR count). The first-order valence-corrected chi connectivity index (χ1v) is 12.0. The molecule has 0 aliphatic carbocycles. The van der Waals surface area contributed by atoms with Crippen LogP contribution < -0.4 is 11.5 Å². The van der Waals surface area contributed by atoms with Gasteiger partial charge in [0.25, 0.3) is 0 Å². The van der Waals surface area contributed by atoms with Gasteiger partial charge in [0.15, 0.2) is 0 Å². The second kappa shape index (κ2) is 8.95. The minimum Gasteiger partial charge on any atom is -0.326 e. The molecule has 0 radical (unpaired) electrons. The van der Waals surface area contributed by atoms with Crippen molar-refractivity contribution < 1.29 is 10.4 Å². The average Bonchev–Trinajstić information content (AvgIpc) is 2.63. The summed E-state index contributed by atoms with van der Waals surface area (Å²) < 4.78 is 0. The topological polar surface area (TPSA) is 99.0 Å². The molecule has 0 aromatic carbocycles. The van der Waals surface area contributed by atoms with Crippen molar-refractivity contribution in [2.45, 2.75) is 141 Å². The van der Waals surface area contributed by atoms with Crippen molar-refractivity contribution >= 4 is 0 Å². The molecule has 0 amide bonds. The second-order valence-electron chi connectivity index (χ2n) is 12.5. The largest absolute Gasteiger partial charge is 0.326 e. The zero-order valence-electron chi connectivity index (χ0n) is 20.9.